The molecule has 3 aromatic rings. The highest BCUT2D eigenvalue weighted by atomic mass is 16.5. The highest BCUT2D eigenvalue weighted by molar-refractivity contribution is 5.86. The summed E-state index contributed by atoms with van der Waals surface area (Å²) in [5.41, 5.74) is 2.97. The summed E-state index contributed by atoms with van der Waals surface area (Å²) in [6.07, 6.45) is 2.63. The topological polar surface area (TPSA) is 66.2 Å². The second-order valence-electron chi connectivity index (χ2n) is 5.18. The number of carbonyl (C=O) groups excluding carboxylic acids is 1. The lowest BCUT2D eigenvalue weighted by Gasteiger charge is -2.10. The zero-order chi connectivity index (χ0) is 16.9. The van der Waals surface area contributed by atoms with Gasteiger partial charge in [-0.15, -0.1) is 5.10 Å². The first-order valence-electron chi connectivity index (χ1n) is 7.40. The monoisotopic (exact) mass is 323 g/mol. The minimum atomic E-state index is 0.503. The van der Waals surface area contributed by atoms with Gasteiger partial charge in [-0.3, -0.25) is 4.79 Å². The Morgan fingerprint density at radius 2 is 1.96 bits per heavy atom. The van der Waals surface area contributed by atoms with Crippen LogP contribution in [-0.2, 0) is 6.54 Å². The molecule has 0 atom stereocenters. The molecule has 0 amide bonds. The van der Waals surface area contributed by atoms with Crippen molar-refractivity contribution in [1.82, 2.24) is 15.0 Å². The van der Waals surface area contributed by atoms with E-state index in [1.807, 2.05) is 42.6 Å². The molecule has 0 aliphatic rings. The van der Waals surface area contributed by atoms with E-state index in [9.17, 15) is 4.79 Å². The molecule has 0 saturated heterocycles. The lowest BCUT2D eigenvalue weighted by Crippen LogP contribution is -2.03. The van der Waals surface area contributed by atoms with Gasteiger partial charge in [-0.05, 0) is 12.1 Å². The first-order chi connectivity index (χ1) is 11.7. The van der Waals surface area contributed by atoms with Crippen molar-refractivity contribution in [2.24, 2.45) is 0 Å². The van der Waals surface area contributed by atoms with Crippen molar-refractivity contribution in [3.05, 3.63) is 59.8 Å². The highest BCUT2D eigenvalue weighted by Gasteiger charge is 2.11. The number of hydrogen-bond acceptors (Lipinski definition) is 5. The molecule has 0 bridgehead atoms. The van der Waals surface area contributed by atoms with Crippen molar-refractivity contribution < 1.29 is 14.3 Å². The molecule has 1 heterocycles. The zero-order valence-electron chi connectivity index (χ0n) is 13.5. The summed E-state index contributed by atoms with van der Waals surface area (Å²) in [5, 5.41) is 8.31. The molecule has 0 saturated carbocycles. The van der Waals surface area contributed by atoms with E-state index in [1.165, 1.54) is 0 Å². The third-order valence-electron chi connectivity index (χ3n) is 3.73. The molecule has 1 aromatic heterocycles. The van der Waals surface area contributed by atoms with Gasteiger partial charge >= 0.3 is 0 Å². The lowest BCUT2D eigenvalue weighted by atomic mass is 10.1. The van der Waals surface area contributed by atoms with Crippen LogP contribution in [0.2, 0.25) is 0 Å². The highest BCUT2D eigenvalue weighted by Crippen LogP contribution is 2.26. The molecule has 2 aromatic carbocycles. The van der Waals surface area contributed by atoms with Crippen molar-refractivity contribution in [1.29, 1.82) is 0 Å². The van der Waals surface area contributed by atoms with E-state index >= 15 is 0 Å². The van der Waals surface area contributed by atoms with Gasteiger partial charge in [-0.25, -0.2) is 4.68 Å². The summed E-state index contributed by atoms with van der Waals surface area (Å²) in [5.74, 6) is 1.45. The summed E-state index contributed by atoms with van der Waals surface area (Å²) in [6, 6.07) is 12.9. The number of nitrogens with zero attached hydrogens (tertiary/aromatic N) is 3. The second-order valence-corrected chi connectivity index (χ2v) is 5.18. The standard InChI is InChI=1S/C18H17N3O3/c1-23-15-8-7-13(18(9-15)24-2)10-21-11-17(19-20-21)16-6-4-3-5-14(16)12-22/h3-9,11-12H,10H2,1-2H3. The number of rotatable bonds is 6. The fourth-order valence-electron chi connectivity index (χ4n) is 2.49. The van der Waals surface area contributed by atoms with Crippen LogP contribution in [0, 0.1) is 0 Å². The summed E-state index contributed by atoms with van der Waals surface area (Å²) in [6.45, 7) is 0.503. The molecule has 122 valence electrons. The fourth-order valence-corrected chi connectivity index (χ4v) is 2.49. The predicted octanol–water partition coefficient (Wildman–Crippen LogP) is 2.82. The van der Waals surface area contributed by atoms with Crippen molar-refractivity contribution in [2.45, 2.75) is 6.54 Å². The number of methoxy groups -OCH3 is 2. The van der Waals surface area contributed by atoms with E-state index in [-0.39, 0.29) is 0 Å². The molecule has 0 radical (unpaired) electrons. The third kappa shape index (κ3) is 3.12. The van der Waals surface area contributed by atoms with Gasteiger partial charge in [0.25, 0.3) is 0 Å². The van der Waals surface area contributed by atoms with Crippen LogP contribution in [0.25, 0.3) is 11.3 Å². The molecule has 0 N–H and O–H groups in total. The van der Waals surface area contributed by atoms with Gasteiger partial charge in [0.05, 0.1) is 27.0 Å². The smallest absolute Gasteiger partial charge is 0.150 e. The van der Waals surface area contributed by atoms with Crippen LogP contribution in [0.15, 0.2) is 48.7 Å². The lowest BCUT2D eigenvalue weighted by molar-refractivity contribution is 0.112. The predicted molar refractivity (Wildman–Crippen MR) is 89.5 cm³/mol. The minimum absolute atomic E-state index is 0.503. The van der Waals surface area contributed by atoms with Crippen LogP contribution in [0.5, 0.6) is 11.5 Å². The Morgan fingerprint density at radius 1 is 1.12 bits per heavy atom. The van der Waals surface area contributed by atoms with Crippen molar-refractivity contribution >= 4 is 6.29 Å². The summed E-state index contributed by atoms with van der Waals surface area (Å²) >= 11 is 0. The number of aldehydes is 1. The summed E-state index contributed by atoms with van der Waals surface area (Å²) < 4.78 is 12.3. The van der Waals surface area contributed by atoms with Crippen LogP contribution >= 0.6 is 0 Å². The molecular weight excluding hydrogens is 306 g/mol. The number of carbonyl (C=O) groups is 1. The number of hydrogen-bond donors (Lipinski definition) is 0. The number of aromatic nitrogens is 3. The molecule has 6 nitrogen and oxygen atoms in total. The second kappa shape index (κ2) is 6.95. The van der Waals surface area contributed by atoms with Crippen LogP contribution in [0.4, 0.5) is 0 Å². The first-order valence-corrected chi connectivity index (χ1v) is 7.40. The SMILES string of the molecule is COc1ccc(Cn2cc(-c3ccccc3C=O)nn2)c(OC)c1. The van der Waals surface area contributed by atoms with E-state index in [1.54, 1.807) is 25.0 Å². The van der Waals surface area contributed by atoms with E-state index in [0.717, 1.165) is 28.9 Å². The molecule has 0 fully saturated rings. The Bertz CT molecular complexity index is 858. The normalized spacial score (nSPS) is 10.4. The molecule has 3 rings (SSSR count). The molecule has 6 heteroatoms. The van der Waals surface area contributed by atoms with E-state index in [0.29, 0.717) is 17.8 Å². The first kappa shape index (κ1) is 15.7. The maximum Gasteiger partial charge on any atom is 0.150 e. The van der Waals surface area contributed by atoms with Crippen molar-refractivity contribution in [2.75, 3.05) is 14.2 Å². The summed E-state index contributed by atoms with van der Waals surface area (Å²) in [7, 11) is 3.23. The van der Waals surface area contributed by atoms with Gasteiger partial charge in [0.2, 0.25) is 0 Å². The Morgan fingerprint density at radius 3 is 2.71 bits per heavy atom. The van der Waals surface area contributed by atoms with Gasteiger partial charge in [0.15, 0.2) is 6.29 Å². The largest absolute Gasteiger partial charge is 0.497 e. The van der Waals surface area contributed by atoms with Crippen molar-refractivity contribution in [3.63, 3.8) is 0 Å². The summed E-state index contributed by atoms with van der Waals surface area (Å²) in [4.78, 5) is 11.2. The zero-order valence-corrected chi connectivity index (χ0v) is 13.5. The maximum atomic E-state index is 11.2. The Kier molecular flexibility index (Phi) is 4.56. The Labute approximate surface area is 139 Å². The maximum absolute atomic E-state index is 11.2. The molecule has 0 unspecified atom stereocenters. The van der Waals surface area contributed by atoms with Gasteiger partial charge in [0.1, 0.15) is 17.2 Å². The van der Waals surface area contributed by atoms with Crippen LogP contribution in [0.1, 0.15) is 15.9 Å². The van der Waals surface area contributed by atoms with E-state index < -0.39 is 0 Å². The third-order valence-corrected chi connectivity index (χ3v) is 3.73. The van der Waals surface area contributed by atoms with Crippen LogP contribution in [-0.4, -0.2) is 35.5 Å². The molecule has 0 aliphatic carbocycles. The average molecular weight is 323 g/mol. The number of ether oxygens (including phenoxy) is 2. The average Bonchev–Trinajstić information content (AvgIpc) is 3.10. The van der Waals surface area contributed by atoms with Crippen molar-refractivity contribution in [3.8, 4) is 22.8 Å². The van der Waals surface area contributed by atoms with Gasteiger partial charge in [-0.1, -0.05) is 29.5 Å². The van der Waals surface area contributed by atoms with E-state index in [2.05, 4.69) is 10.3 Å². The Balaban J connectivity index is 1.88. The molecule has 0 aliphatic heterocycles. The minimum Gasteiger partial charge on any atom is -0.497 e. The van der Waals surface area contributed by atoms with Gasteiger partial charge < -0.3 is 9.47 Å². The quantitative estimate of drug-likeness (QED) is 0.653. The molecule has 0 spiro atoms. The van der Waals surface area contributed by atoms with Crippen LogP contribution in [0.3, 0.4) is 0 Å². The van der Waals surface area contributed by atoms with Gasteiger partial charge in [0, 0.05) is 22.8 Å². The number of benzene rings is 2. The van der Waals surface area contributed by atoms with Gasteiger partial charge in [-0.2, -0.15) is 0 Å². The van der Waals surface area contributed by atoms with Crippen LogP contribution < -0.4 is 9.47 Å². The fraction of sp³-hybridized carbons (Fsp3) is 0.167. The molecule has 24 heavy (non-hydrogen) atoms. The van der Waals surface area contributed by atoms with E-state index in [4.69, 9.17) is 9.47 Å². The Hall–Kier alpha value is -3.15. The molecular formula is C18H17N3O3.